The van der Waals surface area contributed by atoms with Crippen LogP contribution in [0.2, 0.25) is 0 Å². The number of rotatable bonds is 3. The normalized spacial score (nSPS) is 35.4. The highest BCUT2D eigenvalue weighted by Gasteiger charge is 2.53. The summed E-state index contributed by atoms with van der Waals surface area (Å²) < 4.78 is 0. The molecule has 5 fully saturated rings. The van der Waals surface area contributed by atoms with E-state index in [4.69, 9.17) is 4.98 Å². The molecule has 0 spiro atoms. The van der Waals surface area contributed by atoms with Crippen molar-refractivity contribution in [2.75, 3.05) is 6.54 Å². The van der Waals surface area contributed by atoms with Gasteiger partial charge in [-0.2, -0.15) is 0 Å². The van der Waals surface area contributed by atoms with Crippen molar-refractivity contribution in [2.24, 2.45) is 17.8 Å². The number of amides is 1. The van der Waals surface area contributed by atoms with E-state index in [-0.39, 0.29) is 28.5 Å². The zero-order valence-electron chi connectivity index (χ0n) is 16.5. The Bertz CT molecular complexity index is 963. The van der Waals surface area contributed by atoms with Crippen molar-refractivity contribution in [3.05, 3.63) is 44.5 Å². The average molecular weight is 411 g/mol. The molecule has 0 radical (unpaired) electrons. The van der Waals surface area contributed by atoms with Gasteiger partial charge in [-0.3, -0.25) is 9.59 Å². The van der Waals surface area contributed by atoms with Crippen LogP contribution in [0.5, 0.6) is 0 Å². The fourth-order valence-corrected chi connectivity index (χ4v) is 7.82. The molecule has 5 aliphatic rings. The molecule has 152 valence electrons. The number of aromatic amines is 1. The Kier molecular flexibility index (Phi) is 3.98. The monoisotopic (exact) mass is 410 g/mol. The molecule has 29 heavy (non-hydrogen) atoms. The smallest absolute Gasteiger partial charge is 0.263 e. The molecule has 1 amide bonds. The molecule has 7 rings (SSSR count). The fourth-order valence-electron chi connectivity index (χ4n) is 7.04. The maximum Gasteiger partial charge on any atom is 0.263 e. The van der Waals surface area contributed by atoms with Crippen LogP contribution in [0.25, 0.3) is 0 Å². The van der Waals surface area contributed by atoms with Crippen molar-refractivity contribution in [3.8, 4) is 0 Å². The van der Waals surface area contributed by atoms with Gasteiger partial charge in [0, 0.05) is 29.7 Å². The molecule has 1 aliphatic heterocycles. The van der Waals surface area contributed by atoms with Crippen LogP contribution in [0.15, 0.2) is 22.6 Å². The zero-order chi connectivity index (χ0) is 19.6. The lowest BCUT2D eigenvalue weighted by Crippen LogP contribution is -2.50. The van der Waals surface area contributed by atoms with E-state index in [1.165, 1.54) is 19.3 Å². The number of aromatic nitrogens is 3. The van der Waals surface area contributed by atoms with E-state index >= 15 is 0 Å². The van der Waals surface area contributed by atoms with Crippen molar-refractivity contribution in [3.63, 3.8) is 0 Å². The average Bonchev–Trinajstić information content (AvgIpc) is 3.38. The molecule has 1 N–H and O–H groups in total. The molecule has 7 heteroatoms. The van der Waals surface area contributed by atoms with Gasteiger partial charge in [0.05, 0.1) is 6.04 Å². The molecule has 0 unspecified atom stereocenters. The molecule has 4 aliphatic carbocycles. The van der Waals surface area contributed by atoms with Crippen LogP contribution in [0, 0.1) is 17.8 Å². The standard InChI is InChI=1S/C22H26N4O2S/c27-18-16(20(28)26-4-1-2-17(26)19-23-3-5-29-19)12-24-21(25-18)22-9-13-6-14(10-22)8-15(7-13)11-22/h3,5,12-15,17H,1-2,4,6-11H2,(H,24,25,27)/t13?,14?,15?,17-,22?/m0/s1. The van der Waals surface area contributed by atoms with Crippen molar-refractivity contribution in [1.82, 2.24) is 19.9 Å². The molecule has 4 saturated carbocycles. The van der Waals surface area contributed by atoms with E-state index < -0.39 is 0 Å². The van der Waals surface area contributed by atoms with Crippen molar-refractivity contribution < 1.29 is 4.79 Å². The number of H-pyrrole nitrogens is 1. The van der Waals surface area contributed by atoms with Crippen LogP contribution in [0.3, 0.4) is 0 Å². The fraction of sp³-hybridized carbons (Fsp3) is 0.636. The predicted octanol–water partition coefficient (Wildman–Crippen LogP) is 3.67. The SMILES string of the molecule is O=C(c1cnc(C23CC4CC(CC(C4)C2)C3)[nH]c1=O)N1CCC[C@H]1c1nccs1. The van der Waals surface area contributed by atoms with Gasteiger partial charge in [-0.05, 0) is 69.1 Å². The van der Waals surface area contributed by atoms with Crippen LogP contribution in [-0.4, -0.2) is 32.3 Å². The topological polar surface area (TPSA) is 79.0 Å². The Morgan fingerprint density at radius 3 is 2.48 bits per heavy atom. The summed E-state index contributed by atoms with van der Waals surface area (Å²) in [5, 5.41) is 2.88. The number of nitrogens with zero attached hydrogens (tertiary/aromatic N) is 3. The molecular weight excluding hydrogens is 384 g/mol. The molecule has 6 nitrogen and oxygen atoms in total. The van der Waals surface area contributed by atoms with Crippen LogP contribution in [0.1, 0.15) is 78.6 Å². The molecule has 4 bridgehead atoms. The maximum absolute atomic E-state index is 13.2. The summed E-state index contributed by atoms with van der Waals surface area (Å²) in [6, 6.07) is -0.0234. The highest BCUT2D eigenvalue weighted by atomic mass is 32.1. The minimum atomic E-state index is -0.277. The second kappa shape index (κ2) is 6.49. The Morgan fingerprint density at radius 1 is 1.14 bits per heavy atom. The molecule has 2 aromatic rings. The lowest BCUT2D eigenvalue weighted by Gasteiger charge is -2.56. The van der Waals surface area contributed by atoms with Gasteiger partial charge in [0.2, 0.25) is 0 Å². The van der Waals surface area contributed by atoms with E-state index in [9.17, 15) is 9.59 Å². The molecule has 1 atom stereocenters. The van der Waals surface area contributed by atoms with Gasteiger partial charge in [0.1, 0.15) is 16.4 Å². The summed E-state index contributed by atoms with van der Waals surface area (Å²) in [6.07, 6.45) is 12.7. The molecule has 1 saturated heterocycles. The minimum absolute atomic E-state index is 0.0234. The first-order valence-corrected chi connectivity index (χ1v) is 11.8. The summed E-state index contributed by atoms with van der Waals surface area (Å²) >= 11 is 1.57. The zero-order valence-corrected chi connectivity index (χ0v) is 17.3. The largest absolute Gasteiger partial charge is 0.329 e. The highest BCUT2D eigenvalue weighted by Crippen LogP contribution is 2.59. The van der Waals surface area contributed by atoms with Gasteiger partial charge in [-0.15, -0.1) is 11.3 Å². The quantitative estimate of drug-likeness (QED) is 0.837. The van der Waals surface area contributed by atoms with E-state index in [2.05, 4.69) is 9.97 Å². The van der Waals surface area contributed by atoms with Gasteiger partial charge in [-0.1, -0.05) is 0 Å². The number of hydrogen-bond donors (Lipinski definition) is 1. The lowest BCUT2D eigenvalue weighted by atomic mass is 9.49. The van der Waals surface area contributed by atoms with E-state index in [0.717, 1.165) is 60.7 Å². The minimum Gasteiger partial charge on any atom is -0.329 e. The number of carbonyl (C=O) groups excluding carboxylic acids is 1. The van der Waals surface area contributed by atoms with E-state index in [1.807, 2.05) is 5.38 Å². The van der Waals surface area contributed by atoms with Crippen LogP contribution < -0.4 is 5.56 Å². The number of thiazole rings is 1. The molecule has 0 aromatic carbocycles. The summed E-state index contributed by atoms with van der Waals surface area (Å²) in [5.74, 6) is 2.98. The Labute approximate surface area is 173 Å². The number of hydrogen-bond acceptors (Lipinski definition) is 5. The Balaban J connectivity index is 1.29. The van der Waals surface area contributed by atoms with Gasteiger partial charge in [-0.25, -0.2) is 9.97 Å². The van der Waals surface area contributed by atoms with Crippen molar-refractivity contribution in [2.45, 2.75) is 62.8 Å². The van der Waals surface area contributed by atoms with Gasteiger partial charge in [0.15, 0.2) is 0 Å². The van der Waals surface area contributed by atoms with Gasteiger partial charge >= 0.3 is 0 Å². The summed E-state index contributed by atoms with van der Waals surface area (Å²) in [4.78, 5) is 40.1. The maximum atomic E-state index is 13.2. The molecular formula is C22H26N4O2S. The van der Waals surface area contributed by atoms with E-state index in [1.54, 1.807) is 28.6 Å². The summed E-state index contributed by atoms with van der Waals surface area (Å²) in [5.41, 5.74) is -0.0745. The van der Waals surface area contributed by atoms with Crippen LogP contribution in [0.4, 0.5) is 0 Å². The van der Waals surface area contributed by atoms with Crippen molar-refractivity contribution >= 4 is 17.2 Å². The first-order valence-electron chi connectivity index (χ1n) is 10.9. The molecule has 2 aromatic heterocycles. The summed E-state index contributed by atoms with van der Waals surface area (Å²) in [6.45, 7) is 0.666. The van der Waals surface area contributed by atoms with Gasteiger partial charge in [0.25, 0.3) is 11.5 Å². The van der Waals surface area contributed by atoms with Crippen molar-refractivity contribution in [1.29, 1.82) is 0 Å². The third-order valence-electron chi connectivity index (χ3n) is 7.82. The van der Waals surface area contributed by atoms with Gasteiger partial charge < -0.3 is 9.88 Å². The van der Waals surface area contributed by atoms with Crippen LogP contribution in [-0.2, 0) is 5.41 Å². The number of carbonyl (C=O) groups is 1. The first-order chi connectivity index (χ1) is 14.1. The second-order valence-electron chi connectivity index (χ2n) is 9.70. The third-order valence-corrected chi connectivity index (χ3v) is 8.70. The van der Waals surface area contributed by atoms with Crippen LogP contribution >= 0.6 is 11.3 Å². The molecule has 3 heterocycles. The lowest BCUT2D eigenvalue weighted by molar-refractivity contribution is -0.00955. The third kappa shape index (κ3) is 2.80. The predicted molar refractivity (Wildman–Crippen MR) is 110 cm³/mol. The summed E-state index contributed by atoms with van der Waals surface area (Å²) in [7, 11) is 0. The Morgan fingerprint density at radius 2 is 1.86 bits per heavy atom. The van der Waals surface area contributed by atoms with E-state index in [0.29, 0.717) is 6.54 Å². The second-order valence-corrected chi connectivity index (χ2v) is 10.6. The highest BCUT2D eigenvalue weighted by molar-refractivity contribution is 7.09. The number of likely N-dealkylation sites (tertiary alicyclic amines) is 1. The first kappa shape index (κ1) is 17.8. The Hall–Kier alpha value is -2.02. The number of nitrogens with one attached hydrogen (secondary N) is 1.